The zero-order chi connectivity index (χ0) is 20.7. The number of para-hydroxylation sites is 1. The second-order valence-corrected chi connectivity index (χ2v) is 6.58. The molecule has 0 atom stereocenters. The predicted octanol–water partition coefficient (Wildman–Crippen LogP) is 2.94. The second kappa shape index (κ2) is 9.84. The van der Waals surface area contributed by atoms with Crippen LogP contribution in [0.5, 0.6) is 0 Å². The van der Waals surface area contributed by atoms with Crippen LogP contribution in [-0.2, 0) is 14.3 Å². The highest BCUT2D eigenvalue weighted by molar-refractivity contribution is 7.98. The highest BCUT2D eigenvalue weighted by atomic mass is 32.2. The SMILES string of the molecule is CSc1ccccc1NC(=O)CN(C)C(=O)COC(=O)c1cc(F)cc(F)c1. The van der Waals surface area contributed by atoms with E-state index in [-0.39, 0.29) is 12.1 Å². The first-order valence-corrected chi connectivity index (χ1v) is 9.32. The summed E-state index contributed by atoms with van der Waals surface area (Å²) >= 11 is 1.47. The molecule has 2 aromatic rings. The number of hydrogen-bond donors (Lipinski definition) is 1. The van der Waals surface area contributed by atoms with E-state index in [1.54, 1.807) is 12.1 Å². The van der Waals surface area contributed by atoms with Crippen molar-refractivity contribution in [1.82, 2.24) is 4.90 Å². The molecule has 0 bridgehead atoms. The summed E-state index contributed by atoms with van der Waals surface area (Å²) in [6.07, 6.45) is 1.87. The molecule has 9 heteroatoms. The van der Waals surface area contributed by atoms with Crippen LogP contribution in [0.15, 0.2) is 47.4 Å². The summed E-state index contributed by atoms with van der Waals surface area (Å²) in [5.41, 5.74) is 0.278. The van der Waals surface area contributed by atoms with Crippen LogP contribution in [0.3, 0.4) is 0 Å². The molecule has 0 aliphatic carbocycles. The van der Waals surface area contributed by atoms with Crippen molar-refractivity contribution >= 4 is 35.2 Å². The Morgan fingerprint density at radius 1 is 1.11 bits per heavy atom. The zero-order valence-electron chi connectivity index (χ0n) is 15.2. The van der Waals surface area contributed by atoms with E-state index in [0.717, 1.165) is 21.9 Å². The number of ether oxygens (including phenoxy) is 1. The number of likely N-dealkylation sites (N-methyl/N-ethyl adjacent to an activating group) is 1. The number of halogens is 2. The number of nitrogens with zero attached hydrogens (tertiary/aromatic N) is 1. The molecular weight excluding hydrogens is 390 g/mol. The van der Waals surface area contributed by atoms with Gasteiger partial charge in [0.05, 0.1) is 17.8 Å². The molecule has 2 rings (SSSR count). The number of amides is 2. The number of rotatable bonds is 7. The molecule has 0 unspecified atom stereocenters. The highest BCUT2D eigenvalue weighted by Crippen LogP contribution is 2.24. The number of carbonyl (C=O) groups is 3. The zero-order valence-corrected chi connectivity index (χ0v) is 16.0. The third kappa shape index (κ3) is 6.05. The lowest BCUT2D eigenvalue weighted by molar-refractivity contribution is -0.136. The number of anilines is 1. The third-order valence-corrected chi connectivity index (χ3v) is 4.41. The maximum Gasteiger partial charge on any atom is 0.338 e. The van der Waals surface area contributed by atoms with E-state index in [1.807, 2.05) is 18.4 Å². The number of esters is 1. The lowest BCUT2D eigenvalue weighted by atomic mass is 10.2. The van der Waals surface area contributed by atoms with E-state index in [4.69, 9.17) is 4.74 Å². The van der Waals surface area contributed by atoms with Crippen molar-refractivity contribution in [2.24, 2.45) is 0 Å². The van der Waals surface area contributed by atoms with Gasteiger partial charge in [0.1, 0.15) is 11.6 Å². The fourth-order valence-electron chi connectivity index (χ4n) is 2.23. The molecule has 0 spiro atoms. The molecule has 2 aromatic carbocycles. The minimum Gasteiger partial charge on any atom is -0.452 e. The summed E-state index contributed by atoms with van der Waals surface area (Å²) in [4.78, 5) is 37.9. The molecule has 0 radical (unpaired) electrons. The summed E-state index contributed by atoms with van der Waals surface area (Å²) < 4.78 is 31.0. The first-order chi connectivity index (χ1) is 13.3. The number of nitrogens with one attached hydrogen (secondary N) is 1. The van der Waals surface area contributed by atoms with Gasteiger partial charge < -0.3 is 15.0 Å². The fourth-order valence-corrected chi connectivity index (χ4v) is 2.79. The Morgan fingerprint density at radius 3 is 2.39 bits per heavy atom. The summed E-state index contributed by atoms with van der Waals surface area (Å²) in [7, 11) is 1.37. The Morgan fingerprint density at radius 2 is 1.75 bits per heavy atom. The number of carbonyl (C=O) groups excluding carboxylic acids is 3. The summed E-state index contributed by atoms with van der Waals surface area (Å²) in [5, 5.41) is 2.71. The smallest absolute Gasteiger partial charge is 0.338 e. The molecule has 0 saturated carbocycles. The van der Waals surface area contributed by atoms with Gasteiger partial charge in [-0.2, -0.15) is 0 Å². The van der Waals surface area contributed by atoms with Crippen LogP contribution in [0.1, 0.15) is 10.4 Å². The van der Waals surface area contributed by atoms with E-state index >= 15 is 0 Å². The average Bonchev–Trinajstić information content (AvgIpc) is 2.65. The minimum atomic E-state index is -1.04. The normalized spacial score (nSPS) is 10.3. The quantitative estimate of drug-likeness (QED) is 0.563. The van der Waals surface area contributed by atoms with Gasteiger partial charge in [0, 0.05) is 18.0 Å². The van der Waals surface area contributed by atoms with Crippen molar-refractivity contribution in [3.63, 3.8) is 0 Å². The van der Waals surface area contributed by atoms with Gasteiger partial charge in [-0.25, -0.2) is 13.6 Å². The molecule has 1 N–H and O–H groups in total. The molecule has 0 aliphatic rings. The van der Waals surface area contributed by atoms with E-state index in [2.05, 4.69) is 5.32 Å². The van der Waals surface area contributed by atoms with E-state index in [1.165, 1.54) is 18.8 Å². The van der Waals surface area contributed by atoms with Crippen LogP contribution in [0.2, 0.25) is 0 Å². The Bertz CT molecular complexity index is 872. The molecule has 28 heavy (non-hydrogen) atoms. The van der Waals surface area contributed by atoms with Crippen molar-refractivity contribution in [2.75, 3.05) is 31.8 Å². The lowest BCUT2D eigenvalue weighted by Gasteiger charge is -2.17. The van der Waals surface area contributed by atoms with Gasteiger partial charge in [-0.3, -0.25) is 9.59 Å². The van der Waals surface area contributed by atoms with Crippen LogP contribution in [-0.4, -0.2) is 49.1 Å². The van der Waals surface area contributed by atoms with Gasteiger partial charge in [0.2, 0.25) is 5.91 Å². The van der Waals surface area contributed by atoms with Gasteiger partial charge in [0.15, 0.2) is 6.61 Å². The van der Waals surface area contributed by atoms with Crippen molar-refractivity contribution in [3.8, 4) is 0 Å². The molecule has 0 fully saturated rings. The molecule has 0 aliphatic heterocycles. The van der Waals surface area contributed by atoms with Crippen LogP contribution in [0.25, 0.3) is 0 Å². The fraction of sp³-hybridized carbons (Fsp3) is 0.211. The average molecular weight is 408 g/mol. The minimum absolute atomic E-state index is 0.256. The number of thioether (sulfide) groups is 1. The van der Waals surface area contributed by atoms with Crippen molar-refractivity contribution in [3.05, 3.63) is 59.7 Å². The molecule has 0 saturated heterocycles. The van der Waals surface area contributed by atoms with E-state index in [9.17, 15) is 23.2 Å². The summed E-state index contributed by atoms with van der Waals surface area (Å²) in [5.74, 6) is -3.97. The second-order valence-electron chi connectivity index (χ2n) is 5.73. The topological polar surface area (TPSA) is 75.7 Å². The predicted molar refractivity (Wildman–Crippen MR) is 101 cm³/mol. The molecule has 0 aromatic heterocycles. The Kier molecular flexibility index (Phi) is 7.51. The maximum absolute atomic E-state index is 13.1. The Labute approximate surface area is 164 Å². The first kappa shape index (κ1) is 21.4. The monoisotopic (exact) mass is 408 g/mol. The molecule has 0 heterocycles. The Balaban J connectivity index is 1.86. The third-order valence-electron chi connectivity index (χ3n) is 3.61. The van der Waals surface area contributed by atoms with Gasteiger partial charge in [-0.05, 0) is 30.5 Å². The van der Waals surface area contributed by atoms with Gasteiger partial charge in [-0.1, -0.05) is 12.1 Å². The van der Waals surface area contributed by atoms with Crippen molar-refractivity contribution in [2.45, 2.75) is 4.90 Å². The summed E-state index contributed by atoms with van der Waals surface area (Å²) in [6, 6.07) is 9.43. The largest absolute Gasteiger partial charge is 0.452 e. The number of benzene rings is 2. The van der Waals surface area contributed by atoms with Crippen LogP contribution in [0, 0.1) is 11.6 Å². The van der Waals surface area contributed by atoms with Gasteiger partial charge in [0.25, 0.3) is 5.91 Å². The van der Waals surface area contributed by atoms with Crippen molar-refractivity contribution < 1.29 is 27.9 Å². The van der Waals surface area contributed by atoms with E-state index < -0.39 is 36.0 Å². The highest BCUT2D eigenvalue weighted by Gasteiger charge is 2.17. The van der Waals surface area contributed by atoms with E-state index in [0.29, 0.717) is 11.8 Å². The van der Waals surface area contributed by atoms with Crippen molar-refractivity contribution in [1.29, 1.82) is 0 Å². The first-order valence-electron chi connectivity index (χ1n) is 8.10. The van der Waals surface area contributed by atoms with Crippen LogP contribution < -0.4 is 5.32 Å². The molecule has 2 amide bonds. The van der Waals surface area contributed by atoms with Crippen LogP contribution in [0.4, 0.5) is 14.5 Å². The summed E-state index contributed by atoms with van der Waals surface area (Å²) in [6.45, 7) is -0.921. The Hall–Kier alpha value is -2.94. The molecular formula is C19H18F2N2O4S. The van der Waals surface area contributed by atoms with Gasteiger partial charge >= 0.3 is 5.97 Å². The standard InChI is InChI=1S/C19H18F2N2O4S/c1-23(10-17(24)22-15-5-3-4-6-16(15)28-2)18(25)11-27-19(26)12-7-13(20)9-14(21)8-12/h3-9H,10-11H2,1-2H3,(H,22,24). The lowest BCUT2D eigenvalue weighted by Crippen LogP contribution is -2.37. The molecule has 148 valence electrons. The van der Waals surface area contributed by atoms with Crippen LogP contribution >= 0.6 is 11.8 Å². The molecule has 6 nitrogen and oxygen atoms in total. The number of hydrogen-bond acceptors (Lipinski definition) is 5. The maximum atomic E-state index is 13.1. The van der Waals surface area contributed by atoms with Gasteiger partial charge in [-0.15, -0.1) is 11.8 Å².